The molecular formula is C13H19N5O4S. The van der Waals surface area contributed by atoms with Crippen LogP contribution in [-0.4, -0.2) is 39.1 Å². The van der Waals surface area contributed by atoms with Crippen molar-refractivity contribution in [3.8, 4) is 0 Å². The van der Waals surface area contributed by atoms with Crippen molar-refractivity contribution < 1.29 is 18.3 Å². The second-order valence-electron chi connectivity index (χ2n) is 5.32. The number of carboxylic acid groups (broad SMARTS) is 1. The highest BCUT2D eigenvalue weighted by molar-refractivity contribution is 7.89. The summed E-state index contributed by atoms with van der Waals surface area (Å²) in [6.07, 6.45) is 1.19. The fraction of sp³-hybridized carbons (Fsp3) is 0.462. The van der Waals surface area contributed by atoms with Crippen molar-refractivity contribution in [2.24, 2.45) is 14.1 Å². The largest absolute Gasteiger partial charge is 0.480 e. The Morgan fingerprint density at radius 3 is 2.22 bits per heavy atom. The Balaban J connectivity index is 2.49. The summed E-state index contributed by atoms with van der Waals surface area (Å²) in [5, 5.41) is 17.5. The zero-order valence-corrected chi connectivity index (χ0v) is 14.3. The van der Waals surface area contributed by atoms with Crippen molar-refractivity contribution in [1.29, 1.82) is 0 Å². The number of hydrogen-bond acceptors (Lipinski definition) is 5. The van der Waals surface area contributed by atoms with Gasteiger partial charge < -0.3 is 5.11 Å². The third kappa shape index (κ3) is 2.99. The van der Waals surface area contributed by atoms with Crippen LogP contribution in [0, 0.1) is 20.8 Å². The first-order chi connectivity index (χ1) is 10.6. The molecule has 0 saturated carbocycles. The Morgan fingerprint density at radius 1 is 1.22 bits per heavy atom. The average molecular weight is 341 g/mol. The Kier molecular flexibility index (Phi) is 4.31. The van der Waals surface area contributed by atoms with Gasteiger partial charge in [0.25, 0.3) is 0 Å². The lowest BCUT2D eigenvalue weighted by Gasteiger charge is -2.15. The van der Waals surface area contributed by atoms with Gasteiger partial charge in [0.15, 0.2) is 0 Å². The molecule has 2 heterocycles. The number of aliphatic carboxylic acids is 1. The predicted octanol–water partition coefficient (Wildman–Crippen LogP) is 0.183. The standard InChI is InChI=1S/C13H19N5O4S/c1-7-11(9(3)18(5)15-7)12(13(19)20)16-23(21,22)10-6-14-17(4)8(10)2/h6,12,16H,1-5H3,(H,19,20). The first-order valence-electron chi connectivity index (χ1n) is 6.80. The molecule has 1 atom stereocenters. The van der Waals surface area contributed by atoms with Crippen molar-refractivity contribution in [1.82, 2.24) is 24.3 Å². The zero-order valence-electron chi connectivity index (χ0n) is 13.5. The summed E-state index contributed by atoms with van der Waals surface area (Å²) in [5.41, 5.74) is 1.80. The van der Waals surface area contributed by atoms with E-state index in [9.17, 15) is 18.3 Å². The van der Waals surface area contributed by atoms with Gasteiger partial charge in [0.05, 0.1) is 17.6 Å². The molecule has 0 aromatic carbocycles. The van der Waals surface area contributed by atoms with Crippen LogP contribution < -0.4 is 4.72 Å². The molecule has 0 bridgehead atoms. The van der Waals surface area contributed by atoms with E-state index < -0.39 is 22.0 Å². The van der Waals surface area contributed by atoms with Crippen molar-refractivity contribution >= 4 is 16.0 Å². The topological polar surface area (TPSA) is 119 Å². The Bertz CT molecular complexity index is 865. The Labute approximate surface area is 134 Å². The van der Waals surface area contributed by atoms with E-state index in [4.69, 9.17) is 0 Å². The summed E-state index contributed by atoms with van der Waals surface area (Å²) in [7, 11) is -0.757. The van der Waals surface area contributed by atoms with Crippen molar-refractivity contribution in [2.45, 2.75) is 31.7 Å². The van der Waals surface area contributed by atoms with Crippen LogP contribution in [-0.2, 0) is 28.9 Å². The maximum absolute atomic E-state index is 12.5. The van der Waals surface area contributed by atoms with E-state index in [1.807, 2.05) is 0 Å². The van der Waals surface area contributed by atoms with E-state index in [2.05, 4.69) is 14.9 Å². The van der Waals surface area contributed by atoms with Gasteiger partial charge in [-0.15, -0.1) is 0 Å². The molecule has 0 saturated heterocycles. The minimum absolute atomic E-state index is 0.0505. The molecule has 2 aromatic rings. The SMILES string of the molecule is Cc1nn(C)c(C)c1C(NS(=O)(=O)c1cnn(C)c1C)C(=O)O. The molecule has 0 aliphatic carbocycles. The molecule has 2 aromatic heterocycles. The highest BCUT2D eigenvalue weighted by Gasteiger charge is 2.32. The van der Waals surface area contributed by atoms with Gasteiger partial charge in [0.2, 0.25) is 10.0 Å². The number of carboxylic acids is 1. The molecule has 2 rings (SSSR count). The lowest BCUT2D eigenvalue weighted by molar-refractivity contribution is -0.139. The van der Waals surface area contributed by atoms with E-state index in [0.717, 1.165) is 0 Å². The van der Waals surface area contributed by atoms with Crippen LogP contribution in [0.4, 0.5) is 0 Å². The van der Waals surface area contributed by atoms with Gasteiger partial charge in [-0.3, -0.25) is 14.2 Å². The summed E-state index contributed by atoms with van der Waals surface area (Å²) in [6.45, 7) is 4.93. The zero-order chi connectivity index (χ0) is 17.5. The third-order valence-corrected chi connectivity index (χ3v) is 5.38. The van der Waals surface area contributed by atoms with Gasteiger partial charge in [0.1, 0.15) is 10.9 Å². The van der Waals surface area contributed by atoms with E-state index in [0.29, 0.717) is 22.6 Å². The van der Waals surface area contributed by atoms with Crippen LogP contribution in [0.3, 0.4) is 0 Å². The molecular weight excluding hydrogens is 322 g/mol. The molecule has 10 heteroatoms. The summed E-state index contributed by atoms with van der Waals surface area (Å²) in [5.74, 6) is -1.30. The van der Waals surface area contributed by atoms with Crippen LogP contribution in [0.15, 0.2) is 11.1 Å². The van der Waals surface area contributed by atoms with Crippen molar-refractivity contribution in [3.63, 3.8) is 0 Å². The summed E-state index contributed by atoms with van der Waals surface area (Å²) < 4.78 is 30.2. The molecule has 0 amide bonds. The number of carbonyl (C=O) groups is 1. The molecule has 0 fully saturated rings. The monoisotopic (exact) mass is 341 g/mol. The average Bonchev–Trinajstić information content (AvgIpc) is 2.89. The van der Waals surface area contributed by atoms with E-state index in [1.54, 1.807) is 34.9 Å². The molecule has 9 nitrogen and oxygen atoms in total. The molecule has 1 unspecified atom stereocenters. The lowest BCUT2D eigenvalue weighted by Crippen LogP contribution is -2.34. The third-order valence-electron chi connectivity index (χ3n) is 3.85. The summed E-state index contributed by atoms with van der Waals surface area (Å²) >= 11 is 0. The highest BCUT2D eigenvalue weighted by Crippen LogP contribution is 2.24. The minimum Gasteiger partial charge on any atom is -0.480 e. The number of aryl methyl sites for hydroxylation is 3. The molecule has 0 aliphatic rings. The van der Waals surface area contributed by atoms with Crippen LogP contribution in [0.25, 0.3) is 0 Å². The Morgan fingerprint density at radius 2 is 1.83 bits per heavy atom. The lowest BCUT2D eigenvalue weighted by atomic mass is 10.1. The smallest absolute Gasteiger partial charge is 0.326 e. The fourth-order valence-corrected chi connectivity index (χ4v) is 3.76. The number of nitrogens with zero attached hydrogens (tertiary/aromatic N) is 4. The van der Waals surface area contributed by atoms with Crippen LogP contribution in [0.2, 0.25) is 0 Å². The van der Waals surface area contributed by atoms with Crippen molar-refractivity contribution in [2.75, 3.05) is 0 Å². The number of rotatable bonds is 5. The van der Waals surface area contributed by atoms with Crippen LogP contribution in [0.1, 0.15) is 28.7 Å². The molecule has 0 spiro atoms. The first-order valence-corrected chi connectivity index (χ1v) is 8.28. The predicted molar refractivity (Wildman–Crippen MR) is 81.3 cm³/mol. The first kappa shape index (κ1) is 17.2. The molecule has 126 valence electrons. The second kappa shape index (κ2) is 5.78. The van der Waals surface area contributed by atoms with E-state index in [1.165, 1.54) is 15.6 Å². The van der Waals surface area contributed by atoms with Gasteiger partial charge in [0, 0.05) is 25.4 Å². The second-order valence-corrected chi connectivity index (χ2v) is 7.00. The number of aromatic nitrogens is 4. The minimum atomic E-state index is -4.04. The van der Waals surface area contributed by atoms with Gasteiger partial charge >= 0.3 is 5.97 Å². The Hall–Kier alpha value is -2.20. The van der Waals surface area contributed by atoms with E-state index in [-0.39, 0.29) is 4.90 Å². The van der Waals surface area contributed by atoms with Gasteiger partial charge in [-0.05, 0) is 20.8 Å². The van der Waals surface area contributed by atoms with Crippen LogP contribution >= 0.6 is 0 Å². The van der Waals surface area contributed by atoms with Gasteiger partial charge in [-0.1, -0.05) is 0 Å². The molecule has 0 aliphatic heterocycles. The van der Waals surface area contributed by atoms with Crippen LogP contribution in [0.5, 0.6) is 0 Å². The number of hydrogen-bond donors (Lipinski definition) is 2. The normalized spacial score (nSPS) is 13.3. The molecule has 2 N–H and O–H groups in total. The maximum Gasteiger partial charge on any atom is 0.326 e. The van der Waals surface area contributed by atoms with Gasteiger partial charge in [-0.2, -0.15) is 14.9 Å². The quantitative estimate of drug-likeness (QED) is 0.801. The fourth-order valence-electron chi connectivity index (χ4n) is 2.40. The molecule has 0 radical (unpaired) electrons. The summed E-state index contributed by atoms with van der Waals surface area (Å²) in [4.78, 5) is 11.6. The highest BCUT2D eigenvalue weighted by atomic mass is 32.2. The number of sulfonamides is 1. The summed E-state index contributed by atoms with van der Waals surface area (Å²) in [6, 6.07) is -1.42. The van der Waals surface area contributed by atoms with Gasteiger partial charge in [-0.25, -0.2) is 8.42 Å². The van der Waals surface area contributed by atoms with Crippen molar-refractivity contribution in [3.05, 3.63) is 28.8 Å². The van der Waals surface area contributed by atoms with E-state index >= 15 is 0 Å². The maximum atomic E-state index is 12.5. The molecule has 23 heavy (non-hydrogen) atoms. The number of nitrogens with one attached hydrogen (secondary N) is 1.